The van der Waals surface area contributed by atoms with E-state index in [2.05, 4.69) is 74.9 Å². The van der Waals surface area contributed by atoms with E-state index in [4.69, 9.17) is 9.97 Å². The summed E-state index contributed by atoms with van der Waals surface area (Å²) in [6, 6.07) is 21.2. The summed E-state index contributed by atoms with van der Waals surface area (Å²) in [6.45, 7) is 4.16. The second kappa shape index (κ2) is 8.70. The van der Waals surface area contributed by atoms with Crippen molar-refractivity contribution in [1.29, 1.82) is 0 Å². The molecule has 0 amide bonds. The molecule has 0 bridgehead atoms. The standard InChI is InChI=1S/C27H28N6/c1-3-11-22-20(9-1)17-21-10-2-4-12-23(21)24(22)19-28-31-25-18-26(32-13-5-6-14-32)30-27(29-25)33-15-7-8-16-33/h1-4,9-12,17-19H,5-8,13-16H2,(H,29,30,31)/b28-19-. The molecule has 2 fully saturated rings. The van der Waals surface area contributed by atoms with Gasteiger partial charge in [-0.15, -0.1) is 0 Å². The molecule has 3 aromatic carbocycles. The van der Waals surface area contributed by atoms with Crippen molar-refractivity contribution >= 4 is 45.3 Å². The molecule has 0 spiro atoms. The molecule has 6 nitrogen and oxygen atoms in total. The van der Waals surface area contributed by atoms with E-state index in [1.54, 1.807) is 0 Å². The van der Waals surface area contributed by atoms with Gasteiger partial charge >= 0.3 is 0 Å². The van der Waals surface area contributed by atoms with E-state index in [1.165, 1.54) is 47.2 Å². The fraction of sp³-hybridized carbons (Fsp3) is 0.296. The first-order valence-corrected chi connectivity index (χ1v) is 11.9. The lowest BCUT2D eigenvalue weighted by atomic mass is 9.97. The summed E-state index contributed by atoms with van der Waals surface area (Å²) >= 11 is 0. The van der Waals surface area contributed by atoms with Gasteiger partial charge in [-0.2, -0.15) is 15.1 Å². The molecule has 0 aliphatic carbocycles. The van der Waals surface area contributed by atoms with Crippen LogP contribution in [0.3, 0.4) is 0 Å². The van der Waals surface area contributed by atoms with Crippen molar-refractivity contribution in [2.24, 2.45) is 5.10 Å². The highest BCUT2D eigenvalue weighted by Gasteiger charge is 2.20. The van der Waals surface area contributed by atoms with Gasteiger partial charge in [0.1, 0.15) is 5.82 Å². The molecule has 4 aromatic rings. The van der Waals surface area contributed by atoms with E-state index < -0.39 is 0 Å². The topological polar surface area (TPSA) is 56.7 Å². The fourth-order valence-electron chi connectivity index (χ4n) is 5.00. The molecule has 0 unspecified atom stereocenters. The Kier molecular flexibility index (Phi) is 5.26. The summed E-state index contributed by atoms with van der Waals surface area (Å²) in [5, 5.41) is 9.46. The van der Waals surface area contributed by atoms with Gasteiger partial charge in [0, 0.05) is 37.8 Å². The number of anilines is 3. The van der Waals surface area contributed by atoms with E-state index in [0.717, 1.165) is 49.3 Å². The maximum Gasteiger partial charge on any atom is 0.229 e. The summed E-state index contributed by atoms with van der Waals surface area (Å²) in [5.74, 6) is 2.55. The van der Waals surface area contributed by atoms with Crippen LogP contribution in [0.1, 0.15) is 31.2 Å². The average Bonchev–Trinajstić information content (AvgIpc) is 3.58. The van der Waals surface area contributed by atoms with E-state index in [-0.39, 0.29) is 0 Å². The van der Waals surface area contributed by atoms with Crippen LogP contribution in [0.15, 0.2) is 65.8 Å². The van der Waals surface area contributed by atoms with Crippen LogP contribution in [0.4, 0.5) is 17.6 Å². The molecule has 6 rings (SSSR count). The van der Waals surface area contributed by atoms with Gasteiger partial charge < -0.3 is 9.80 Å². The van der Waals surface area contributed by atoms with Gasteiger partial charge in [-0.3, -0.25) is 5.43 Å². The zero-order valence-electron chi connectivity index (χ0n) is 18.7. The molecule has 33 heavy (non-hydrogen) atoms. The van der Waals surface area contributed by atoms with Gasteiger partial charge in [-0.25, -0.2) is 0 Å². The summed E-state index contributed by atoms with van der Waals surface area (Å²) < 4.78 is 0. The van der Waals surface area contributed by atoms with Crippen molar-refractivity contribution in [2.75, 3.05) is 41.4 Å². The Morgan fingerprint density at radius 1 is 0.727 bits per heavy atom. The molecule has 0 atom stereocenters. The molecule has 1 aromatic heterocycles. The fourth-order valence-corrected chi connectivity index (χ4v) is 5.00. The molecular weight excluding hydrogens is 408 g/mol. The van der Waals surface area contributed by atoms with Crippen LogP contribution in [0.25, 0.3) is 21.5 Å². The second-order valence-electron chi connectivity index (χ2n) is 8.90. The van der Waals surface area contributed by atoms with Gasteiger partial charge in [0.25, 0.3) is 0 Å². The van der Waals surface area contributed by atoms with Crippen molar-refractivity contribution in [3.8, 4) is 0 Å². The molecular formula is C27H28N6. The lowest BCUT2D eigenvalue weighted by Crippen LogP contribution is -2.24. The van der Waals surface area contributed by atoms with Crippen molar-refractivity contribution < 1.29 is 0 Å². The number of benzene rings is 3. The monoisotopic (exact) mass is 436 g/mol. The highest BCUT2D eigenvalue weighted by Crippen LogP contribution is 2.28. The molecule has 0 saturated carbocycles. The maximum absolute atomic E-state index is 4.89. The number of nitrogens with zero attached hydrogens (tertiary/aromatic N) is 5. The Labute approximate surface area is 193 Å². The first kappa shape index (κ1) is 20.0. The Bertz CT molecular complexity index is 1230. The van der Waals surface area contributed by atoms with Gasteiger partial charge in [0.2, 0.25) is 5.95 Å². The van der Waals surface area contributed by atoms with Crippen molar-refractivity contribution in [1.82, 2.24) is 9.97 Å². The molecule has 2 aliphatic rings. The van der Waals surface area contributed by atoms with Crippen molar-refractivity contribution in [3.05, 3.63) is 66.2 Å². The molecule has 2 saturated heterocycles. The first-order chi connectivity index (χ1) is 16.3. The minimum absolute atomic E-state index is 0.745. The number of fused-ring (bicyclic) bond motifs is 2. The van der Waals surface area contributed by atoms with E-state index in [9.17, 15) is 0 Å². The summed E-state index contributed by atoms with van der Waals surface area (Å²) in [5.41, 5.74) is 4.33. The third kappa shape index (κ3) is 3.97. The zero-order chi connectivity index (χ0) is 22.0. The number of rotatable bonds is 5. The number of hydrogen-bond donors (Lipinski definition) is 1. The van der Waals surface area contributed by atoms with Crippen LogP contribution in [0.2, 0.25) is 0 Å². The van der Waals surface area contributed by atoms with Crippen molar-refractivity contribution in [3.63, 3.8) is 0 Å². The quantitative estimate of drug-likeness (QED) is 0.257. The van der Waals surface area contributed by atoms with Crippen LogP contribution in [-0.4, -0.2) is 42.4 Å². The summed E-state index contributed by atoms with van der Waals surface area (Å²) in [7, 11) is 0. The lowest BCUT2D eigenvalue weighted by Gasteiger charge is -2.21. The predicted octanol–water partition coefficient (Wildman–Crippen LogP) is 5.43. The third-order valence-corrected chi connectivity index (χ3v) is 6.71. The van der Waals surface area contributed by atoms with Crippen molar-refractivity contribution in [2.45, 2.75) is 25.7 Å². The Morgan fingerprint density at radius 3 is 2.00 bits per heavy atom. The van der Waals surface area contributed by atoms with Crippen LogP contribution in [0.5, 0.6) is 0 Å². The number of nitrogens with one attached hydrogen (secondary N) is 1. The highest BCUT2D eigenvalue weighted by molar-refractivity contribution is 6.13. The minimum Gasteiger partial charge on any atom is -0.356 e. The van der Waals surface area contributed by atoms with Crippen LogP contribution >= 0.6 is 0 Å². The highest BCUT2D eigenvalue weighted by atomic mass is 15.4. The Morgan fingerprint density at radius 2 is 1.33 bits per heavy atom. The van der Waals surface area contributed by atoms with E-state index in [0.29, 0.717) is 0 Å². The normalized spacial score (nSPS) is 16.5. The molecule has 166 valence electrons. The van der Waals surface area contributed by atoms with Gasteiger partial charge in [0.05, 0.1) is 6.21 Å². The predicted molar refractivity (Wildman–Crippen MR) is 138 cm³/mol. The van der Waals surface area contributed by atoms with E-state index in [1.807, 2.05) is 12.3 Å². The van der Waals surface area contributed by atoms with Crippen LogP contribution in [-0.2, 0) is 0 Å². The smallest absolute Gasteiger partial charge is 0.229 e. The zero-order valence-corrected chi connectivity index (χ0v) is 18.7. The van der Waals surface area contributed by atoms with Gasteiger partial charge in [-0.05, 0) is 53.3 Å². The molecule has 2 aliphatic heterocycles. The Balaban J connectivity index is 1.35. The molecule has 1 N–H and O–H groups in total. The van der Waals surface area contributed by atoms with Gasteiger partial charge in [-0.1, -0.05) is 48.5 Å². The van der Waals surface area contributed by atoms with E-state index >= 15 is 0 Å². The average molecular weight is 437 g/mol. The molecule has 6 heteroatoms. The Hall–Kier alpha value is -3.67. The van der Waals surface area contributed by atoms with Crippen LogP contribution < -0.4 is 15.2 Å². The number of hydrazone groups is 1. The summed E-state index contributed by atoms with van der Waals surface area (Å²) in [4.78, 5) is 14.3. The maximum atomic E-state index is 4.89. The SMILES string of the molecule is C(=N/Nc1cc(N2CCCC2)nc(N2CCCC2)n1)/c1c2ccccc2cc2ccccc12. The molecule has 0 radical (unpaired) electrons. The number of hydrogen-bond acceptors (Lipinski definition) is 6. The first-order valence-electron chi connectivity index (χ1n) is 11.9. The largest absolute Gasteiger partial charge is 0.356 e. The lowest BCUT2D eigenvalue weighted by molar-refractivity contribution is 0.871. The third-order valence-electron chi connectivity index (χ3n) is 6.71. The minimum atomic E-state index is 0.745. The van der Waals surface area contributed by atoms with Crippen LogP contribution in [0, 0.1) is 0 Å². The summed E-state index contributed by atoms with van der Waals surface area (Å²) in [6.07, 6.45) is 6.77. The van der Waals surface area contributed by atoms with Gasteiger partial charge in [0.15, 0.2) is 5.82 Å². The molecule has 3 heterocycles. The second-order valence-corrected chi connectivity index (χ2v) is 8.90. The number of aromatic nitrogens is 2.